The molecular formula is C12H19NO2. The molecule has 0 amide bonds. The van der Waals surface area contributed by atoms with Crippen LogP contribution in [0.2, 0.25) is 0 Å². The molecule has 0 spiro atoms. The standard InChI is InChI=1S/C12H19NO2/c1-3-4-10-7-13-8-12(15-10)11-6-5-9(2)14-11/h5-6,10,12-13H,3-4,7-8H2,1-2H3. The third-order valence-electron chi connectivity index (χ3n) is 2.75. The van der Waals surface area contributed by atoms with Crippen molar-refractivity contribution in [1.82, 2.24) is 5.32 Å². The SMILES string of the molecule is CCCC1CNCC(c2ccc(C)o2)O1. The summed E-state index contributed by atoms with van der Waals surface area (Å²) in [6.45, 7) is 5.96. The fourth-order valence-corrected chi connectivity index (χ4v) is 1.99. The highest BCUT2D eigenvalue weighted by atomic mass is 16.5. The van der Waals surface area contributed by atoms with Crippen LogP contribution < -0.4 is 5.32 Å². The van der Waals surface area contributed by atoms with Crippen molar-refractivity contribution in [2.45, 2.75) is 38.9 Å². The fourth-order valence-electron chi connectivity index (χ4n) is 1.99. The van der Waals surface area contributed by atoms with Crippen LogP contribution in [0.25, 0.3) is 0 Å². The van der Waals surface area contributed by atoms with Crippen molar-refractivity contribution in [3.8, 4) is 0 Å². The van der Waals surface area contributed by atoms with Crippen molar-refractivity contribution < 1.29 is 9.15 Å². The highest BCUT2D eigenvalue weighted by Gasteiger charge is 2.24. The average molecular weight is 209 g/mol. The van der Waals surface area contributed by atoms with Gasteiger partial charge in [0.15, 0.2) is 0 Å². The Morgan fingerprint density at radius 2 is 2.27 bits per heavy atom. The second kappa shape index (κ2) is 4.81. The number of ether oxygens (including phenoxy) is 1. The van der Waals surface area contributed by atoms with E-state index in [1.807, 2.05) is 19.1 Å². The Balaban J connectivity index is 1.98. The third kappa shape index (κ3) is 2.61. The zero-order valence-corrected chi connectivity index (χ0v) is 9.45. The summed E-state index contributed by atoms with van der Waals surface area (Å²) < 4.78 is 11.6. The summed E-state index contributed by atoms with van der Waals surface area (Å²) in [5.41, 5.74) is 0. The predicted octanol–water partition coefficient (Wildman–Crippen LogP) is 2.42. The molecule has 1 fully saturated rings. The van der Waals surface area contributed by atoms with Gasteiger partial charge in [-0.25, -0.2) is 0 Å². The number of nitrogens with one attached hydrogen (secondary N) is 1. The number of hydrogen-bond donors (Lipinski definition) is 1. The first-order valence-electron chi connectivity index (χ1n) is 5.72. The van der Waals surface area contributed by atoms with Crippen LogP contribution in [0, 0.1) is 6.92 Å². The summed E-state index contributed by atoms with van der Waals surface area (Å²) in [5, 5.41) is 3.39. The van der Waals surface area contributed by atoms with E-state index in [0.717, 1.165) is 37.5 Å². The van der Waals surface area contributed by atoms with E-state index in [-0.39, 0.29) is 6.10 Å². The van der Waals surface area contributed by atoms with E-state index in [2.05, 4.69) is 12.2 Å². The van der Waals surface area contributed by atoms with Gasteiger partial charge in [-0.3, -0.25) is 0 Å². The molecule has 1 aliphatic heterocycles. The topological polar surface area (TPSA) is 34.4 Å². The second-order valence-electron chi connectivity index (χ2n) is 4.14. The van der Waals surface area contributed by atoms with E-state index in [1.165, 1.54) is 0 Å². The van der Waals surface area contributed by atoms with Gasteiger partial charge in [-0.1, -0.05) is 13.3 Å². The lowest BCUT2D eigenvalue weighted by Gasteiger charge is -2.29. The van der Waals surface area contributed by atoms with Gasteiger partial charge in [-0.15, -0.1) is 0 Å². The zero-order valence-electron chi connectivity index (χ0n) is 9.45. The van der Waals surface area contributed by atoms with Gasteiger partial charge < -0.3 is 14.5 Å². The minimum absolute atomic E-state index is 0.0870. The molecule has 0 bridgehead atoms. The van der Waals surface area contributed by atoms with Crippen molar-refractivity contribution in [3.63, 3.8) is 0 Å². The maximum absolute atomic E-state index is 5.97. The van der Waals surface area contributed by atoms with Gasteiger partial charge in [-0.2, -0.15) is 0 Å². The normalized spacial score (nSPS) is 26.8. The molecule has 3 heteroatoms. The second-order valence-corrected chi connectivity index (χ2v) is 4.14. The van der Waals surface area contributed by atoms with Crippen LogP contribution in [-0.4, -0.2) is 19.2 Å². The van der Waals surface area contributed by atoms with Crippen LogP contribution in [0.1, 0.15) is 37.4 Å². The lowest BCUT2D eigenvalue weighted by atomic mass is 10.1. The predicted molar refractivity (Wildman–Crippen MR) is 58.8 cm³/mol. The smallest absolute Gasteiger partial charge is 0.134 e. The van der Waals surface area contributed by atoms with Gasteiger partial charge in [-0.05, 0) is 25.5 Å². The van der Waals surface area contributed by atoms with Crippen LogP contribution in [0.5, 0.6) is 0 Å². The summed E-state index contributed by atoms with van der Waals surface area (Å²) in [6, 6.07) is 4.00. The monoisotopic (exact) mass is 209 g/mol. The first-order valence-corrected chi connectivity index (χ1v) is 5.72. The number of furan rings is 1. The molecule has 84 valence electrons. The highest BCUT2D eigenvalue weighted by Crippen LogP contribution is 2.24. The molecule has 2 heterocycles. The van der Waals surface area contributed by atoms with Crippen molar-refractivity contribution in [3.05, 3.63) is 23.7 Å². The van der Waals surface area contributed by atoms with Gasteiger partial charge in [0.25, 0.3) is 0 Å². The molecule has 0 radical (unpaired) electrons. The summed E-state index contributed by atoms with van der Waals surface area (Å²) >= 11 is 0. The molecule has 3 nitrogen and oxygen atoms in total. The lowest BCUT2D eigenvalue weighted by Crippen LogP contribution is -2.40. The van der Waals surface area contributed by atoms with Gasteiger partial charge in [0.05, 0.1) is 6.10 Å². The Hall–Kier alpha value is -0.800. The molecule has 2 unspecified atom stereocenters. The average Bonchev–Trinajstić information content (AvgIpc) is 2.66. The Kier molecular flexibility index (Phi) is 3.44. The van der Waals surface area contributed by atoms with Gasteiger partial charge in [0.1, 0.15) is 17.6 Å². The molecule has 1 aromatic rings. The number of rotatable bonds is 3. The fraction of sp³-hybridized carbons (Fsp3) is 0.667. The van der Waals surface area contributed by atoms with E-state index >= 15 is 0 Å². The molecule has 2 rings (SSSR count). The third-order valence-corrected chi connectivity index (χ3v) is 2.75. The largest absolute Gasteiger partial charge is 0.464 e. The van der Waals surface area contributed by atoms with E-state index < -0.39 is 0 Å². The Bertz CT molecular complexity index is 306. The number of morpholine rings is 1. The van der Waals surface area contributed by atoms with Crippen LogP contribution in [0.3, 0.4) is 0 Å². The molecule has 0 aliphatic carbocycles. The highest BCUT2D eigenvalue weighted by molar-refractivity contribution is 5.09. The maximum atomic E-state index is 5.97. The molecule has 15 heavy (non-hydrogen) atoms. The summed E-state index contributed by atoms with van der Waals surface area (Å²) in [4.78, 5) is 0. The van der Waals surface area contributed by atoms with Crippen molar-refractivity contribution in [2.75, 3.05) is 13.1 Å². The van der Waals surface area contributed by atoms with Crippen molar-refractivity contribution in [2.24, 2.45) is 0 Å². The van der Waals surface area contributed by atoms with Crippen LogP contribution in [0.4, 0.5) is 0 Å². The van der Waals surface area contributed by atoms with E-state index in [1.54, 1.807) is 0 Å². The summed E-state index contributed by atoms with van der Waals surface area (Å²) in [5.74, 6) is 1.90. The molecule has 2 atom stereocenters. The van der Waals surface area contributed by atoms with Gasteiger partial charge in [0.2, 0.25) is 0 Å². The minimum atomic E-state index is 0.0870. The van der Waals surface area contributed by atoms with E-state index in [0.29, 0.717) is 6.10 Å². The van der Waals surface area contributed by atoms with Gasteiger partial charge in [0, 0.05) is 13.1 Å². The number of hydrogen-bond acceptors (Lipinski definition) is 3. The minimum Gasteiger partial charge on any atom is -0.464 e. The summed E-state index contributed by atoms with van der Waals surface area (Å²) in [7, 11) is 0. The molecule has 0 saturated carbocycles. The van der Waals surface area contributed by atoms with Crippen LogP contribution in [0.15, 0.2) is 16.5 Å². The van der Waals surface area contributed by atoms with Crippen molar-refractivity contribution in [1.29, 1.82) is 0 Å². The van der Waals surface area contributed by atoms with Crippen LogP contribution >= 0.6 is 0 Å². The number of aryl methyl sites for hydroxylation is 1. The Labute approximate surface area is 90.8 Å². The molecule has 1 aromatic heterocycles. The molecule has 1 saturated heterocycles. The first-order chi connectivity index (χ1) is 7.29. The molecule has 1 aliphatic rings. The maximum Gasteiger partial charge on any atom is 0.134 e. The first kappa shape index (κ1) is 10.7. The lowest BCUT2D eigenvalue weighted by molar-refractivity contribution is -0.0521. The Morgan fingerprint density at radius 3 is 2.93 bits per heavy atom. The molecule has 1 N–H and O–H groups in total. The van der Waals surface area contributed by atoms with Crippen LogP contribution in [-0.2, 0) is 4.74 Å². The summed E-state index contributed by atoms with van der Waals surface area (Å²) in [6.07, 6.45) is 2.70. The quantitative estimate of drug-likeness (QED) is 0.830. The molecular weight excluding hydrogens is 190 g/mol. The Morgan fingerprint density at radius 1 is 1.40 bits per heavy atom. The van der Waals surface area contributed by atoms with E-state index in [4.69, 9.17) is 9.15 Å². The van der Waals surface area contributed by atoms with Crippen molar-refractivity contribution >= 4 is 0 Å². The zero-order chi connectivity index (χ0) is 10.7. The van der Waals surface area contributed by atoms with Gasteiger partial charge >= 0.3 is 0 Å². The molecule has 0 aromatic carbocycles. The van der Waals surface area contributed by atoms with E-state index in [9.17, 15) is 0 Å².